The van der Waals surface area contributed by atoms with Gasteiger partial charge in [-0.05, 0) is 54.8 Å². The molecule has 2 fully saturated rings. The molecule has 0 amide bonds. The van der Waals surface area contributed by atoms with Crippen LogP contribution in [0.3, 0.4) is 0 Å². The smallest absolute Gasteiger partial charge is 0.279 e. The standard InChI is InChI=1S/C20H21N3OS/c1-2-4-19-18(3-1)22-20(25-19)24-17-7-5-14(6-8-17)11-23-12-15-9-21-10-16(15)13-23/h1-8,15-16,21H,9-13H2. The van der Waals surface area contributed by atoms with Gasteiger partial charge in [0.1, 0.15) is 5.75 Å². The summed E-state index contributed by atoms with van der Waals surface area (Å²) in [7, 11) is 0. The Hall–Kier alpha value is -1.95. The number of thiazole rings is 1. The summed E-state index contributed by atoms with van der Waals surface area (Å²) in [4.78, 5) is 7.11. The lowest BCUT2D eigenvalue weighted by Crippen LogP contribution is -2.25. The van der Waals surface area contributed by atoms with Gasteiger partial charge in [0.15, 0.2) is 0 Å². The van der Waals surface area contributed by atoms with Gasteiger partial charge in [-0.2, -0.15) is 0 Å². The van der Waals surface area contributed by atoms with E-state index in [0.717, 1.165) is 34.3 Å². The number of para-hydroxylation sites is 1. The zero-order valence-electron chi connectivity index (χ0n) is 14.0. The van der Waals surface area contributed by atoms with Crippen molar-refractivity contribution in [3.8, 4) is 10.9 Å². The largest absolute Gasteiger partial charge is 0.431 e. The molecule has 0 saturated carbocycles. The maximum Gasteiger partial charge on any atom is 0.279 e. The summed E-state index contributed by atoms with van der Waals surface area (Å²) in [5, 5.41) is 4.20. The Bertz CT molecular complexity index is 831. The molecule has 5 rings (SSSR count). The van der Waals surface area contributed by atoms with Crippen LogP contribution in [0.15, 0.2) is 48.5 Å². The van der Waals surface area contributed by atoms with E-state index < -0.39 is 0 Å². The predicted octanol–water partition coefficient (Wildman–Crippen LogP) is 3.74. The summed E-state index contributed by atoms with van der Waals surface area (Å²) in [5.74, 6) is 2.55. The van der Waals surface area contributed by atoms with Gasteiger partial charge < -0.3 is 10.1 Å². The molecule has 3 heterocycles. The van der Waals surface area contributed by atoms with E-state index in [1.54, 1.807) is 11.3 Å². The highest BCUT2D eigenvalue weighted by Crippen LogP contribution is 2.31. The van der Waals surface area contributed by atoms with Crippen molar-refractivity contribution in [1.82, 2.24) is 15.2 Å². The van der Waals surface area contributed by atoms with Crippen LogP contribution >= 0.6 is 11.3 Å². The van der Waals surface area contributed by atoms with E-state index >= 15 is 0 Å². The molecule has 2 aliphatic heterocycles. The summed E-state index contributed by atoms with van der Waals surface area (Å²) < 4.78 is 7.09. The van der Waals surface area contributed by atoms with Crippen molar-refractivity contribution in [1.29, 1.82) is 0 Å². The average Bonchev–Trinajstić information content (AvgIpc) is 3.30. The van der Waals surface area contributed by atoms with Crippen molar-refractivity contribution < 1.29 is 4.74 Å². The first-order valence-electron chi connectivity index (χ1n) is 8.89. The third-order valence-electron chi connectivity index (χ3n) is 5.27. The van der Waals surface area contributed by atoms with E-state index in [4.69, 9.17) is 4.74 Å². The van der Waals surface area contributed by atoms with Crippen molar-refractivity contribution in [2.45, 2.75) is 6.54 Å². The Morgan fingerprint density at radius 2 is 1.80 bits per heavy atom. The third-order valence-corrected chi connectivity index (χ3v) is 6.19. The minimum absolute atomic E-state index is 0.703. The van der Waals surface area contributed by atoms with E-state index in [1.165, 1.54) is 31.7 Å². The van der Waals surface area contributed by atoms with Crippen LogP contribution in [0.2, 0.25) is 0 Å². The number of benzene rings is 2. The lowest BCUT2D eigenvalue weighted by molar-refractivity contribution is 0.305. The van der Waals surface area contributed by atoms with Crippen LogP contribution in [0.5, 0.6) is 10.9 Å². The fourth-order valence-corrected chi connectivity index (χ4v) is 4.83. The molecule has 0 radical (unpaired) electrons. The number of likely N-dealkylation sites (tertiary alicyclic amines) is 1. The molecule has 25 heavy (non-hydrogen) atoms. The summed E-state index contributed by atoms with van der Waals surface area (Å²) in [5.41, 5.74) is 2.35. The van der Waals surface area contributed by atoms with Crippen molar-refractivity contribution in [2.24, 2.45) is 11.8 Å². The van der Waals surface area contributed by atoms with Crippen molar-refractivity contribution in [3.05, 3.63) is 54.1 Å². The van der Waals surface area contributed by atoms with Gasteiger partial charge in [-0.25, -0.2) is 4.98 Å². The molecule has 1 aromatic heterocycles. The first-order valence-corrected chi connectivity index (χ1v) is 9.70. The number of nitrogens with one attached hydrogen (secondary N) is 1. The van der Waals surface area contributed by atoms with Gasteiger partial charge in [0.05, 0.1) is 10.2 Å². The maximum atomic E-state index is 5.93. The van der Waals surface area contributed by atoms with Crippen LogP contribution in [-0.4, -0.2) is 36.1 Å². The molecular weight excluding hydrogens is 330 g/mol. The summed E-state index contributed by atoms with van der Waals surface area (Å²) in [6.07, 6.45) is 0. The van der Waals surface area contributed by atoms with Crippen LogP contribution < -0.4 is 10.1 Å². The van der Waals surface area contributed by atoms with E-state index in [0.29, 0.717) is 5.19 Å². The molecule has 1 N–H and O–H groups in total. The van der Waals surface area contributed by atoms with Gasteiger partial charge in [0.2, 0.25) is 0 Å². The Balaban J connectivity index is 1.24. The monoisotopic (exact) mass is 351 g/mol. The van der Waals surface area contributed by atoms with E-state index in [-0.39, 0.29) is 0 Å². The first-order chi connectivity index (χ1) is 12.3. The highest BCUT2D eigenvalue weighted by molar-refractivity contribution is 7.20. The molecule has 2 atom stereocenters. The summed E-state index contributed by atoms with van der Waals surface area (Å²) >= 11 is 1.58. The lowest BCUT2D eigenvalue weighted by Gasteiger charge is -2.17. The predicted molar refractivity (Wildman–Crippen MR) is 101 cm³/mol. The highest BCUT2D eigenvalue weighted by atomic mass is 32.1. The number of ether oxygens (including phenoxy) is 1. The molecule has 2 aromatic carbocycles. The van der Waals surface area contributed by atoms with Gasteiger partial charge in [0.25, 0.3) is 5.19 Å². The number of hydrogen-bond acceptors (Lipinski definition) is 5. The van der Waals surface area contributed by atoms with Crippen molar-refractivity contribution in [3.63, 3.8) is 0 Å². The molecule has 128 valence electrons. The SMILES string of the molecule is c1ccc2sc(Oc3ccc(CN4CC5CNCC5C4)cc3)nc2c1. The fraction of sp³-hybridized carbons (Fsp3) is 0.350. The molecule has 2 aliphatic rings. The zero-order chi connectivity index (χ0) is 16.6. The molecule has 4 nitrogen and oxygen atoms in total. The number of hydrogen-bond donors (Lipinski definition) is 1. The van der Waals surface area contributed by atoms with Gasteiger partial charge in [-0.1, -0.05) is 35.6 Å². The second-order valence-electron chi connectivity index (χ2n) is 7.07. The molecule has 2 unspecified atom stereocenters. The lowest BCUT2D eigenvalue weighted by atomic mass is 10.0. The molecule has 2 saturated heterocycles. The zero-order valence-corrected chi connectivity index (χ0v) is 14.8. The molecular formula is C20H21N3OS. The number of aromatic nitrogens is 1. The van der Waals surface area contributed by atoms with Gasteiger partial charge in [-0.15, -0.1) is 0 Å². The molecule has 0 aliphatic carbocycles. The quantitative estimate of drug-likeness (QED) is 0.777. The second-order valence-corrected chi connectivity index (χ2v) is 8.06. The molecule has 0 spiro atoms. The van der Waals surface area contributed by atoms with Crippen LogP contribution in [0.4, 0.5) is 0 Å². The second kappa shape index (κ2) is 6.41. The molecule has 0 bridgehead atoms. The van der Waals surface area contributed by atoms with Crippen LogP contribution in [0, 0.1) is 11.8 Å². The molecule has 3 aromatic rings. The van der Waals surface area contributed by atoms with Crippen LogP contribution in [-0.2, 0) is 6.54 Å². The number of nitrogens with zero attached hydrogens (tertiary/aromatic N) is 2. The van der Waals surface area contributed by atoms with E-state index in [9.17, 15) is 0 Å². The van der Waals surface area contributed by atoms with Crippen LogP contribution in [0.1, 0.15) is 5.56 Å². The number of rotatable bonds is 4. The fourth-order valence-electron chi connectivity index (χ4n) is 4.00. The highest BCUT2D eigenvalue weighted by Gasteiger charge is 2.35. The molecule has 5 heteroatoms. The Kier molecular flexibility index (Phi) is 3.93. The van der Waals surface area contributed by atoms with Gasteiger partial charge in [-0.3, -0.25) is 4.90 Å². The van der Waals surface area contributed by atoms with Crippen molar-refractivity contribution in [2.75, 3.05) is 26.2 Å². The van der Waals surface area contributed by atoms with Gasteiger partial charge in [0, 0.05) is 19.6 Å². The average molecular weight is 351 g/mol. The third kappa shape index (κ3) is 3.15. The normalized spacial score (nSPS) is 23.2. The topological polar surface area (TPSA) is 37.4 Å². The Morgan fingerprint density at radius 3 is 2.56 bits per heavy atom. The van der Waals surface area contributed by atoms with Crippen LogP contribution in [0.25, 0.3) is 10.2 Å². The Labute approximate surface area is 151 Å². The van der Waals surface area contributed by atoms with Crippen molar-refractivity contribution >= 4 is 21.6 Å². The summed E-state index contributed by atoms with van der Waals surface area (Å²) in [6, 6.07) is 16.6. The van der Waals surface area contributed by atoms with E-state index in [2.05, 4.69) is 45.5 Å². The van der Waals surface area contributed by atoms with E-state index in [1.807, 2.05) is 18.2 Å². The summed E-state index contributed by atoms with van der Waals surface area (Å²) in [6.45, 7) is 5.86. The minimum atomic E-state index is 0.703. The minimum Gasteiger partial charge on any atom is -0.431 e. The first kappa shape index (κ1) is 15.3. The number of fused-ring (bicyclic) bond motifs is 2. The Morgan fingerprint density at radius 1 is 1.04 bits per heavy atom. The maximum absolute atomic E-state index is 5.93. The van der Waals surface area contributed by atoms with Gasteiger partial charge >= 0.3 is 0 Å².